The normalized spacial score (nSPS) is 15.8. The average molecular weight is 363 g/mol. The molecule has 0 aliphatic heterocycles. The molecule has 5 heteroatoms. The van der Waals surface area contributed by atoms with Crippen molar-refractivity contribution in [3.63, 3.8) is 0 Å². The zero-order chi connectivity index (χ0) is 18.6. The van der Waals surface area contributed by atoms with Gasteiger partial charge in [0.2, 0.25) is 5.91 Å². The van der Waals surface area contributed by atoms with E-state index in [0.29, 0.717) is 6.54 Å². The smallest absolute Gasteiger partial charge is 0.226 e. The van der Waals surface area contributed by atoms with Crippen LogP contribution in [0, 0.1) is 5.92 Å². The maximum absolute atomic E-state index is 13.0. The van der Waals surface area contributed by atoms with Crippen molar-refractivity contribution < 1.29 is 11.0 Å². The molecule has 0 radical (unpaired) electrons. The number of nitrogens with one attached hydrogen (secondary N) is 1. The Balaban J connectivity index is 0.00000225. The number of ether oxygens (including phenoxy) is 1. The highest BCUT2D eigenvalue weighted by Gasteiger charge is 2.28. The second kappa shape index (κ2) is 7.66. The molecule has 27 heavy (non-hydrogen) atoms. The number of benzene rings is 2. The van der Waals surface area contributed by atoms with E-state index in [2.05, 4.69) is 9.97 Å². The van der Waals surface area contributed by atoms with Crippen LogP contribution in [0.5, 0.6) is 11.5 Å². The van der Waals surface area contributed by atoms with Crippen LogP contribution in [-0.2, 0) is 24.2 Å². The van der Waals surface area contributed by atoms with Crippen molar-refractivity contribution >= 4 is 5.91 Å². The van der Waals surface area contributed by atoms with E-state index in [1.807, 2.05) is 61.6 Å². The van der Waals surface area contributed by atoms with Gasteiger partial charge in [-0.3, -0.25) is 4.79 Å². The Bertz CT molecular complexity index is 926. The third kappa shape index (κ3) is 3.87. The fourth-order valence-electron chi connectivity index (χ4n) is 3.61. The van der Waals surface area contributed by atoms with E-state index in [1.165, 1.54) is 0 Å². The van der Waals surface area contributed by atoms with Gasteiger partial charge in [-0.05, 0) is 31.0 Å². The first-order valence-electron chi connectivity index (χ1n) is 9.27. The molecule has 140 valence electrons. The molecule has 0 saturated heterocycles. The number of nitrogens with zero attached hydrogens (tertiary/aromatic N) is 2. The molecule has 1 aromatic heterocycles. The SMILES string of the molecule is CN(Cc1ccccc1Oc1ccccc1)C(=O)C1CCc2nc[nH]c2C1.[HH]. The molecule has 1 aliphatic carbocycles. The van der Waals surface area contributed by atoms with Crippen LogP contribution in [0.1, 0.15) is 24.8 Å². The van der Waals surface area contributed by atoms with Gasteiger partial charge >= 0.3 is 0 Å². The van der Waals surface area contributed by atoms with E-state index in [1.54, 1.807) is 11.2 Å². The molecular weight excluding hydrogens is 338 g/mol. The molecule has 1 atom stereocenters. The van der Waals surface area contributed by atoms with Gasteiger partial charge in [-0.2, -0.15) is 0 Å². The molecule has 0 saturated carbocycles. The maximum Gasteiger partial charge on any atom is 0.226 e. The van der Waals surface area contributed by atoms with E-state index in [-0.39, 0.29) is 13.3 Å². The molecule has 1 unspecified atom stereocenters. The molecule has 1 aliphatic rings. The average Bonchev–Trinajstić information content (AvgIpc) is 3.17. The Labute approximate surface area is 160 Å². The minimum Gasteiger partial charge on any atom is -0.457 e. The number of H-pyrrole nitrogens is 1. The highest BCUT2D eigenvalue weighted by Crippen LogP contribution is 2.28. The van der Waals surface area contributed by atoms with Crippen LogP contribution in [0.25, 0.3) is 0 Å². The second-order valence-electron chi connectivity index (χ2n) is 6.98. The Morgan fingerprint density at radius 3 is 2.85 bits per heavy atom. The van der Waals surface area contributed by atoms with Gasteiger partial charge in [-0.15, -0.1) is 0 Å². The lowest BCUT2D eigenvalue weighted by atomic mass is 9.88. The van der Waals surface area contributed by atoms with Crippen LogP contribution in [0.2, 0.25) is 0 Å². The van der Waals surface area contributed by atoms with Crippen LogP contribution >= 0.6 is 0 Å². The van der Waals surface area contributed by atoms with Gasteiger partial charge in [0.05, 0.1) is 12.0 Å². The molecule has 1 N–H and O–H groups in total. The Morgan fingerprint density at radius 1 is 1.22 bits per heavy atom. The number of hydrogen-bond acceptors (Lipinski definition) is 3. The quantitative estimate of drug-likeness (QED) is 0.739. The van der Waals surface area contributed by atoms with Crippen LogP contribution in [0.3, 0.4) is 0 Å². The molecule has 4 rings (SSSR count). The van der Waals surface area contributed by atoms with Crippen molar-refractivity contribution in [2.24, 2.45) is 5.92 Å². The van der Waals surface area contributed by atoms with Gasteiger partial charge in [0.1, 0.15) is 11.5 Å². The minimum atomic E-state index is 0. The highest BCUT2D eigenvalue weighted by atomic mass is 16.5. The molecule has 5 nitrogen and oxygen atoms in total. The number of imidazole rings is 1. The fraction of sp³-hybridized carbons (Fsp3) is 0.273. The summed E-state index contributed by atoms with van der Waals surface area (Å²) >= 11 is 0. The van der Waals surface area contributed by atoms with Crippen LogP contribution < -0.4 is 4.74 Å². The zero-order valence-corrected chi connectivity index (χ0v) is 15.4. The standard InChI is InChI=1S/C22H23N3O2.H2/c1-25(22(26)16-11-12-19-20(13-16)24-15-23-19)14-17-7-5-6-10-21(17)27-18-8-3-2-4-9-18;/h2-10,15-16H,11-14H2,1H3,(H,23,24);1H. The number of aromatic nitrogens is 2. The van der Waals surface area contributed by atoms with E-state index >= 15 is 0 Å². The summed E-state index contributed by atoms with van der Waals surface area (Å²) in [5.41, 5.74) is 3.19. The molecule has 2 aromatic carbocycles. The lowest BCUT2D eigenvalue weighted by Crippen LogP contribution is -2.35. The summed E-state index contributed by atoms with van der Waals surface area (Å²) in [5, 5.41) is 0. The second-order valence-corrected chi connectivity index (χ2v) is 6.98. The van der Waals surface area contributed by atoms with Crippen LogP contribution in [-0.4, -0.2) is 27.8 Å². The van der Waals surface area contributed by atoms with Gasteiger partial charge in [0, 0.05) is 38.6 Å². The van der Waals surface area contributed by atoms with Gasteiger partial charge in [0.25, 0.3) is 0 Å². The number of hydrogen-bond donors (Lipinski definition) is 1. The summed E-state index contributed by atoms with van der Waals surface area (Å²) < 4.78 is 6.02. The lowest BCUT2D eigenvalue weighted by molar-refractivity contribution is -0.135. The number of carbonyl (C=O) groups excluding carboxylic acids is 1. The van der Waals surface area contributed by atoms with Gasteiger partial charge in [0.15, 0.2) is 0 Å². The van der Waals surface area contributed by atoms with E-state index < -0.39 is 0 Å². The third-order valence-corrected chi connectivity index (χ3v) is 5.06. The topological polar surface area (TPSA) is 58.2 Å². The number of fused-ring (bicyclic) bond motifs is 1. The number of aromatic amines is 1. The highest BCUT2D eigenvalue weighted by molar-refractivity contribution is 5.79. The van der Waals surface area contributed by atoms with E-state index in [0.717, 1.165) is 47.7 Å². The summed E-state index contributed by atoms with van der Waals surface area (Å²) in [6.45, 7) is 0.522. The Kier molecular flexibility index (Phi) is 4.92. The van der Waals surface area contributed by atoms with Crippen molar-refractivity contribution in [3.05, 3.63) is 77.9 Å². The number of rotatable bonds is 5. The van der Waals surface area contributed by atoms with Gasteiger partial charge in [-0.25, -0.2) is 4.98 Å². The van der Waals surface area contributed by atoms with Gasteiger partial charge in [-0.1, -0.05) is 36.4 Å². The molecule has 0 spiro atoms. The number of carbonyl (C=O) groups is 1. The lowest BCUT2D eigenvalue weighted by Gasteiger charge is -2.26. The van der Waals surface area contributed by atoms with Crippen LogP contribution in [0.15, 0.2) is 60.9 Å². The predicted octanol–water partition coefficient (Wildman–Crippen LogP) is 4.21. The number of amides is 1. The van der Waals surface area contributed by atoms with Crippen molar-refractivity contribution in [1.82, 2.24) is 14.9 Å². The van der Waals surface area contributed by atoms with Crippen molar-refractivity contribution in [2.75, 3.05) is 7.05 Å². The zero-order valence-electron chi connectivity index (χ0n) is 15.4. The molecule has 1 heterocycles. The summed E-state index contributed by atoms with van der Waals surface area (Å²) in [5.74, 6) is 1.75. The first kappa shape index (κ1) is 17.3. The van der Waals surface area contributed by atoms with Crippen molar-refractivity contribution in [3.8, 4) is 11.5 Å². The van der Waals surface area contributed by atoms with E-state index in [9.17, 15) is 4.79 Å². The Hall–Kier alpha value is -3.08. The number of aryl methyl sites for hydroxylation is 1. The maximum atomic E-state index is 13.0. The molecular formula is C22H25N3O2. The third-order valence-electron chi connectivity index (χ3n) is 5.06. The van der Waals surface area contributed by atoms with Gasteiger partial charge < -0.3 is 14.6 Å². The minimum absolute atomic E-state index is 0. The summed E-state index contributed by atoms with van der Waals surface area (Å²) in [7, 11) is 1.87. The monoisotopic (exact) mass is 363 g/mol. The summed E-state index contributed by atoms with van der Waals surface area (Å²) in [6, 6.07) is 17.6. The first-order chi connectivity index (χ1) is 13.2. The molecule has 0 fully saturated rings. The Morgan fingerprint density at radius 2 is 2.00 bits per heavy atom. The summed E-state index contributed by atoms with van der Waals surface area (Å²) in [4.78, 5) is 22.2. The predicted molar refractivity (Wildman–Crippen MR) is 106 cm³/mol. The number of para-hydroxylation sites is 2. The van der Waals surface area contributed by atoms with Crippen molar-refractivity contribution in [1.29, 1.82) is 0 Å². The molecule has 0 bridgehead atoms. The first-order valence-corrected chi connectivity index (χ1v) is 9.27. The van der Waals surface area contributed by atoms with E-state index in [4.69, 9.17) is 4.74 Å². The largest absolute Gasteiger partial charge is 0.457 e. The summed E-state index contributed by atoms with van der Waals surface area (Å²) in [6.07, 6.45) is 4.17. The molecule has 3 aromatic rings. The van der Waals surface area contributed by atoms with Crippen LogP contribution in [0.4, 0.5) is 0 Å². The fourth-order valence-corrected chi connectivity index (χ4v) is 3.61. The van der Waals surface area contributed by atoms with Crippen molar-refractivity contribution in [2.45, 2.75) is 25.8 Å². The molecule has 1 amide bonds.